The van der Waals surface area contributed by atoms with Gasteiger partial charge in [0.25, 0.3) is 0 Å². The highest BCUT2D eigenvalue weighted by Crippen LogP contribution is 2.39. The van der Waals surface area contributed by atoms with Crippen molar-refractivity contribution in [3.63, 3.8) is 0 Å². The molecule has 19 heavy (non-hydrogen) atoms. The summed E-state index contributed by atoms with van der Waals surface area (Å²) in [6.45, 7) is 1.03. The fourth-order valence-corrected chi connectivity index (χ4v) is 3.39. The Morgan fingerprint density at radius 3 is 2.47 bits per heavy atom. The zero-order valence-electron chi connectivity index (χ0n) is 11.3. The number of nitrogens with zero attached hydrogens (tertiary/aromatic N) is 1. The van der Waals surface area contributed by atoms with E-state index in [4.69, 9.17) is 9.84 Å². The molecular weight excluding hydrogens is 248 g/mol. The van der Waals surface area contributed by atoms with E-state index in [1.165, 1.54) is 0 Å². The molecule has 108 valence electrons. The number of carbonyl (C=O) groups is 2. The normalized spacial score (nSPS) is 29.3. The maximum Gasteiger partial charge on any atom is 0.317 e. The Hall–Kier alpha value is -1.30. The molecule has 0 spiro atoms. The summed E-state index contributed by atoms with van der Waals surface area (Å²) in [4.78, 5) is 24.8. The molecule has 2 aliphatic heterocycles. The predicted octanol–water partition coefficient (Wildman–Crippen LogP) is 1.06. The van der Waals surface area contributed by atoms with Crippen LogP contribution >= 0.6 is 0 Å². The minimum atomic E-state index is -0.734. The standard InChI is InChI=1S/C13H22N2O4/c1-19-5-4-14-13(18)15-10-2-3-11(15)7-9(6-10)8-12(16)17/h9-11H,2-8H2,1H3,(H,14,18)(H,16,17). The van der Waals surface area contributed by atoms with Crippen molar-refractivity contribution in [1.82, 2.24) is 10.2 Å². The summed E-state index contributed by atoms with van der Waals surface area (Å²) in [6, 6.07) is 0.398. The number of hydrogen-bond acceptors (Lipinski definition) is 3. The summed E-state index contributed by atoms with van der Waals surface area (Å²) in [5.41, 5.74) is 0. The van der Waals surface area contributed by atoms with Gasteiger partial charge in [-0.2, -0.15) is 0 Å². The molecule has 2 fully saturated rings. The first kappa shape index (κ1) is 14.1. The van der Waals surface area contributed by atoms with Gasteiger partial charge in [0.05, 0.1) is 6.61 Å². The molecule has 0 saturated carbocycles. The number of amides is 2. The number of carboxylic acid groups (broad SMARTS) is 1. The number of rotatable bonds is 5. The molecule has 0 aromatic heterocycles. The molecule has 2 aliphatic rings. The number of urea groups is 1. The van der Waals surface area contributed by atoms with Gasteiger partial charge in [-0.3, -0.25) is 4.79 Å². The lowest BCUT2D eigenvalue weighted by atomic mass is 9.88. The van der Waals surface area contributed by atoms with Crippen LogP contribution in [0.3, 0.4) is 0 Å². The number of aliphatic carboxylic acids is 1. The van der Waals surface area contributed by atoms with Crippen molar-refractivity contribution >= 4 is 12.0 Å². The van der Waals surface area contributed by atoms with Crippen LogP contribution in [0.1, 0.15) is 32.1 Å². The fraction of sp³-hybridized carbons (Fsp3) is 0.846. The third-order valence-corrected chi connectivity index (χ3v) is 4.11. The van der Waals surface area contributed by atoms with Crippen molar-refractivity contribution in [1.29, 1.82) is 0 Å². The number of hydrogen-bond donors (Lipinski definition) is 2. The molecule has 0 aromatic rings. The monoisotopic (exact) mass is 270 g/mol. The first-order chi connectivity index (χ1) is 9.11. The van der Waals surface area contributed by atoms with E-state index in [0.717, 1.165) is 25.7 Å². The Labute approximate surface area is 113 Å². The molecule has 0 radical (unpaired) electrons. The van der Waals surface area contributed by atoms with Gasteiger partial charge in [0.2, 0.25) is 0 Å². The number of methoxy groups -OCH3 is 1. The lowest BCUT2D eigenvalue weighted by Crippen LogP contribution is -2.51. The van der Waals surface area contributed by atoms with Crippen molar-refractivity contribution < 1.29 is 19.4 Å². The highest BCUT2D eigenvalue weighted by molar-refractivity contribution is 5.75. The molecule has 2 bridgehead atoms. The Morgan fingerprint density at radius 1 is 1.32 bits per heavy atom. The van der Waals surface area contributed by atoms with E-state index in [0.29, 0.717) is 13.2 Å². The topological polar surface area (TPSA) is 78.9 Å². The number of ether oxygens (including phenoxy) is 1. The van der Waals surface area contributed by atoms with E-state index < -0.39 is 5.97 Å². The largest absolute Gasteiger partial charge is 0.481 e. The van der Waals surface area contributed by atoms with Gasteiger partial charge >= 0.3 is 12.0 Å². The van der Waals surface area contributed by atoms with Gasteiger partial charge in [0.1, 0.15) is 0 Å². The van der Waals surface area contributed by atoms with Crippen LogP contribution in [0, 0.1) is 5.92 Å². The highest BCUT2D eigenvalue weighted by Gasteiger charge is 2.43. The van der Waals surface area contributed by atoms with Crippen LogP contribution in [-0.4, -0.2) is 54.4 Å². The van der Waals surface area contributed by atoms with Crippen molar-refractivity contribution in [3.8, 4) is 0 Å². The molecule has 2 amide bonds. The summed E-state index contributed by atoms with van der Waals surface area (Å²) in [7, 11) is 1.60. The zero-order valence-corrected chi connectivity index (χ0v) is 11.3. The van der Waals surface area contributed by atoms with Gasteiger partial charge in [-0.1, -0.05) is 0 Å². The minimum absolute atomic E-state index is 0.0293. The average molecular weight is 270 g/mol. The van der Waals surface area contributed by atoms with E-state index in [-0.39, 0.29) is 30.5 Å². The van der Waals surface area contributed by atoms with Gasteiger partial charge in [-0.15, -0.1) is 0 Å². The molecule has 2 heterocycles. The number of piperidine rings is 1. The van der Waals surface area contributed by atoms with E-state index in [1.807, 2.05) is 4.90 Å². The van der Waals surface area contributed by atoms with Crippen molar-refractivity contribution in [2.24, 2.45) is 5.92 Å². The maximum absolute atomic E-state index is 12.1. The van der Waals surface area contributed by atoms with Crippen molar-refractivity contribution in [2.45, 2.75) is 44.2 Å². The fourth-order valence-electron chi connectivity index (χ4n) is 3.39. The second-order valence-electron chi connectivity index (χ2n) is 5.45. The van der Waals surface area contributed by atoms with Gasteiger partial charge < -0.3 is 20.1 Å². The van der Waals surface area contributed by atoms with E-state index in [9.17, 15) is 9.59 Å². The van der Waals surface area contributed by atoms with Gasteiger partial charge in [-0.05, 0) is 31.6 Å². The second-order valence-corrected chi connectivity index (χ2v) is 5.45. The molecule has 0 aromatic carbocycles. The van der Waals surface area contributed by atoms with Crippen LogP contribution in [0.25, 0.3) is 0 Å². The van der Waals surface area contributed by atoms with Crippen LogP contribution in [0.15, 0.2) is 0 Å². The Bertz CT molecular complexity index is 334. The molecule has 2 atom stereocenters. The Balaban J connectivity index is 1.88. The second kappa shape index (κ2) is 6.23. The van der Waals surface area contributed by atoms with Crippen LogP contribution < -0.4 is 5.32 Å². The number of carboxylic acids is 1. The van der Waals surface area contributed by atoms with Crippen LogP contribution in [0.4, 0.5) is 4.79 Å². The Morgan fingerprint density at radius 2 is 1.95 bits per heavy atom. The Kier molecular flexibility index (Phi) is 4.63. The summed E-state index contributed by atoms with van der Waals surface area (Å²) in [5, 5.41) is 11.7. The van der Waals surface area contributed by atoms with Crippen molar-refractivity contribution in [2.75, 3.05) is 20.3 Å². The smallest absolute Gasteiger partial charge is 0.317 e. The quantitative estimate of drug-likeness (QED) is 0.732. The summed E-state index contributed by atoms with van der Waals surface area (Å²) in [6.07, 6.45) is 3.87. The lowest BCUT2D eigenvalue weighted by Gasteiger charge is -2.38. The third kappa shape index (κ3) is 3.37. The lowest BCUT2D eigenvalue weighted by molar-refractivity contribution is -0.138. The predicted molar refractivity (Wildman–Crippen MR) is 68.9 cm³/mol. The van der Waals surface area contributed by atoms with Crippen LogP contribution in [0.5, 0.6) is 0 Å². The molecule has 2 saturated heterocycles. The first-order valence-electron chi connectivity index (χ1n) is 6.88. The number of fused-ring (bicyclic) bond motifs is 2. The molecule has 0 aliphatic carbocycles. The van der Waals surface area contributed by atoms with Gasteiger partial charge in [0, 0.05) is 32.2 Å². The third-order valence-electron chi connectivity index (χ3n) is 4.11. The average Bonchev–Trinajstić information content (AvgIpc) is 2.61. The molecule has 2 N–H and O–H groups in total. The highest BCUT2D eigenvalue weighted by atomic mass is 16.5. The molecule has 6 heteroatoms. The minimum Gasteiger partial charge on any atom is -0.481 e. The number of carbonyl (C=O) groups excluding carboxylic acids is 1. The van der Waals surface area contributed by atoms with Crippen molar-refractivity contribution in [3.05, 3.63) is 0 Å². The molecule has 6 nitrogen and oxygen atoms in total. The summed E-state index contributed by atoms with van der Waals surface area (Å²) < 4.78 is 4.91. The van der Waals surface area contributed by atoms with Gasteiger partial charge in [0.15, 0.2) is 0 Å². The van der Waals surface area contributed by atoms with E-state index in [2.05, 4.69) is 5.32 Å². The van der Waals surface area contributed by atoms with E-state index in [1.54, 1.807) is 7.11 Å². The molecule has 2 unspecified atom stereocenters. The zero-order chi connectivity index (χ0) is 13.8. The SMILES string of the molecule is COCCNC(=O)N1C2CCC1CC(CC(=O)O)C2. The molecular formula is C13H22N2O4. The first-order valence-corrected chi connectivity index (χ1v) is 6.88. The number of nitrogens with one attached hydrogen (secondary N) is 1. The van der Waals surface area contributed by atoms with Crippen LogP contribution in [0.2, 0.25) is 0 Å². The van der Waals surface area contributed by atoms with Crippen LogP contribution in [-0.2, 0) is 9.53 Å². The van der Waals surface area contributed by atoms with Gasteiger partial charge in [-0.25, -0.2) is 4.79 Å². The maximum atomic E-state index is 12.1. The van der Waals surface area contributed by atoms with E-state index >= 15 is 0 Å². The molecule has 2 rings (SSSR count). The summed E-state index contributed by atoms with van der Waals surface area (Å²) in [5.74, 6) is -0.513. The summed E-state index contributed by atoms with van der Waals surface area (Å²) >= 11 is 0.